The van der Waals surface area contributed by atoms with Crippen LogP contribution in [0, 0.1) is 6.92 Å². The minimum absolute atomic E-state index is 0.142. The van der Waals surface area contributed by atoms with Crippen LogP contribution in [0.25, 0.3) is 0 Å². The van der Waals surface area contributed by atoms with Crippen LogP contribution in [0.1, 0.15) is 30.4 Å². The van der Waals surface area contributed by atoms with E-state index in [4.69, 9.17) is 21.4 Å². The van der Waals surface area contributed by atoms with Gasteiger partial charge in [-0.3, -0.25) is 4.79 Å². The molecule has 1 aromatic carbocycles. The monoisotopic (exact) mass is 254 g/mol. The summed E-state index contributed by atoms with van der Waals surface area (Å²) >= 11 is 6.20. The molecular weight excluding hydrogens is 240 g/mol. The van der Waals surface area contributed by atoms with Crippen LogP contribution in [0.15, 0.2) is 12.1 Å². The highest BCUT2D eigenvalue weighted by Gasteiger charge is 2.48. The standard InChI is InChI=1S/C13H15ClO3/c1-8-3-4-9(12(17-2)11(8)14)13(5-6-13)7-10(15)16/h3-4H,5-7H2,1-2H3,(H,15,16). The van der Waals surface area contributed by atoms with Gasteiger partial charge in [-0.15, -0.1) is 0 Å². The van der Waals surface area contributed by atoms with Gasteiger partial charge in [0.25, 0.3) is 0 Å². The van der Waals surface area contributed by atoms with Crippen LogP contribution in [-0.2, 0) is 10.2 Å². The molecule has 0 heterocycles. The molecule has 3 nitrogen and oxygen atoms in total. The summed E-state index contributed by atoms with van der Waals surface area (Å²) in [5.74, 6) is -0.147. The highest BCUT2D eigenvalue weighted by molar-refractivity contribution is 6.33. The van der Waals surface area contributed by atoms with E-state index in [1.165, 1.54) is 0 Å². The van der Waals surface area contributed by atoms with Crippen molar-refractivity contribution in [2.75, 3.05) is 7.11 Å². The number of hydrogen-bond acceptors (Lipinski definition) is 2. The molecule has 1 saturated carbocycles. The molecule has 0 atom stereocenters. The number of hydrogen-bond donors (Lipinski definition) is 1. The van der Waals surface area contributed by atoms with Crippen LogP contribution >= 0.6 is 11.6 Å². The quantitative estimate of drug-likeness (QED) is 0.898. The molecule has 0 unspecified atom stereocenters. The van der Waals surface area contributed by atoms with Crippen molar-refractivity contribution < 1.29 is 14.6 Å². The molecule has 0 radical (unpaired) electrons. The SMILES string of the molecule is COc1c(C2(CC(=O)O)CC2)ccc(C)c1Cl. The Morgan fingerprint density at radius 1 is 1.53 bits per heavy atom. The molecule has 2 rings (SSSR count). The van der Waals surface area contributed by atoms with Gasteiger partial charge in [0.05, 0.1) is 18.6 Å². The Labute approximate surface area is 105 Å². The summed E-state index contributed by atoms with van der Waals surface area (Å²) in [5, 5.41) is 9.55. The second-order valence-corrected chi connectivity index (χ2v) is 5.01. The van der Waals surface area contributed by atoms with E-state index in [0.717, 1.165) is 24.0 Å². The summed E-state index contributed by atoms with van der Waals surface area (Å²) in [7, 11) is 1.57. The fourth-order valence-electron chi connectivity index (χ4n) is 2.25. The molecule has 0 bridgehead atoms. The number of methoxy groups -OCH3 is 1. The number of carboxylic acids is 1. The number of halogens is 1. The molecule has 1 N–H and O–H groups in total. The maximum Gasteiger partial charge on any atom is 0.304 e. The Balaban J connectivity index is 2.46. The van der Waals surface area contributed by atoms with Crippen LogP contribution in [-0.4, -0.2) is 18.2 Å². The van der Waals surface area contributed by atoms with E-state index < -0.39 is 5.97 Å². The number of rotatable bonds is 4. The summed E-state index contributed by atoms with van der Waals surface area (Å²) in [5.41, 5.74) is 1.60. The van der Waals surface area contributed by atoms with E-state index in [1.807, 2.05) is 19.1 Å². The first kappa shape index (κ1) is 12.2. The molecular formula is C13H15ClO3. The first-order chi connectivity index (χ1) is 8.00. The fourth-order valence-corrected chi connectivity index (χ4v) is 2.50. The second kappa shape index (κ2) is 4.22. The number of carbonyl (C=O) groups is 1. The maximum absolute atomic E-state index is 10.9. The Bertz CT molecular complexity index is 464. The zero-order valence-electron chi connectivity index (χ0n) is 9.92. The molecule has 92 valence electrons. The molecule has 0 aliphatic heterocycles. The zero-order chi connectivity index (χ0) is 12.6. The van der Waals surface area contributed by atoms with Crippen LogP contribution in [0.3, 0.4) is 0 Å². The van der Waals surface area contributed by atoms with Crippen LogP contribution in [0.2, 0.25) is 5.02 Å². The Kier molecular flexibility index (Phi) is 3.04. The summed E-state index contributed by atoms with van der Waals surface area (Å²) in [6, 6.07) is 3.86. The highest BCUT2D eigenvalue weighted by atomic mass is 35.5. The van der Waals surface area contributed by atoms with Crippen LogP contribution in [0.5, 0.6) is 5.75 Å². The first-order valence-corrected chi connectivity index (χ1v) is 5.93. The third-order valence-electron chi connectivity index (χ3n) is 3.41. The smallest absolute Gasteiger partial charge is 0.304 e. The Morgan fingerprint density at radius 2 is 2.18 bits per heavy atom. The number of ether oxygens (including phenoxy) is 1. The minimum Gasteiger partial charge on any atom is -0.495 e. The second-order valence-electron chi connectivity index (χ2n) is 4.63. The van der Waals surface area contributed by atoms with E-state index in [-0.39, 0.29) is 11.8 Å². The highest BCUT2D eigenvalue weighted by Crippen LogP contribution is 2.55. The van der Waals surface area contributed by atoms with E-state index in [2.05, 4.69) is 0 Å². The van der Waals surface area contributed by atoms with Gasteiger partial charge in [-0.2, -0.15) is 0 Å². The lowest BCUT2D eigenvalue weighted by Gasteiger charge is -2.19. The van der Waals surface area contributed by atoms with Crippen molar-refractivity contribution in [3.05, 3.63) is 28.3 Å². The summed E-state index contributed by atoms with van der Waals surface area (Å²) in [4.78, 5) is 10.9. The Morgan fingerprint density at radius 3 is 2.65 bits per heavy atom. The van der Waals surface area contributed by atoms with Gasteiger partial charge in [-0.1, -0.05) is 23.7 Å². The van der Waals surface area contributed by atoms with Gasteiger partial charge in [0.15, 0.2) is 0 Å². The van der Waals surface area contributed by atoms with Crippen molar-refractivity contribution in [3.8, 4) is 5.75 Å². The zero-order valence-corrected chi connectivity index (χ0v) is 10.7. The van der Waals surface area contributed by atoms with Crippen LogP contribution in [0.4, 0.5) is 0 Å². The number of aryl methyl sites for hydroxylation is 1. The lowest BCUT2D eigenvalue weighted by atomic mass is 9.91. The summed E-state index contributed by atoms with van der Waals surface area (Å²) in [6.07, 6.45) is 1.91. The molecule has 4 heteroatoms. The van der Waals surface area contributed by atoms with Gasteiger partial charge in [-0.05, 0) is 25.3 Å². The van der Waals surface area contributed by atoms with Crippen molar-refractivity contribution in [2.24, 2.45) is 0 Å². The van der Waals surface area contributed by atoms with Crippen molar-refractivity contribution in [1.82, 2.24) is 0 Å². The van der Waals surface area contributed by atoms with Gasteiger partial charge < -0.3 is 9.84 Å². The van der Waals surface area contributed by atoms with Gasteiger partial charge in [0.1, 0.15) is 5.75 Å². The van der Waals surface area contributed by atoms with E-state index in [9.17, 15) is 4.79 Å². The minimum atomic E-state index is -0.777. The third-order valence-corrected chi connectivity index (χ3v) is 3.88. The predicted octanol–water partition coefficient (Wildman–Crippen LogP) is 3.16. The molecule has 1 aromatic rings. The molecule has 1 aliphatic carbocycles. The average molecular weight is 255 g/mol. The molecule has 0 amide bonds. The van der Waals surface area contributed by atoms with Crippen LogP contribution < -0.4 is 4.74 Å². The van der Waals surface area contributed by atoms with Gasteiger partial charge in [0, 0.05) is 11.0 Å². The average Bonchev–Trinajstić information content (AvgIpc) is 3.01. The number of benzene rings is 1. The molecule has 1 aliphatic rings. The molecule has 17 heavy (non-hydrogen) atoms. The van der Waals surface area contributed by atoms with Crippen molar-refractivity contribution in [1.29, 1.82) is 0 Å². The predicted molar refractivity (Wildman–Crippen MR) is 65.9 cm³/mol. The number of aliphatic carboxylic acids is 1. The molecule has 0 saturated heterocycles. The number of carboxylic acid groups (broad SMARTS) is 1. The van der Waals surface area contributed by atoms with Crippen molar-refractivity contribution in [3.63, 3.8) is 0 Å². The molecule has 0 spiro atoms. The lowest BCUT2D eigenvalue weighted by Crippen LogP contribution is -2.14. The molecule has 1 fully saturated rings. The van der Waals surface area contributed by atoms with E-state index >= 15 is 0 Å². The Hall–Kier alpha value is -1.22. The summed E-state index contributed by atoms with van der Waals surface area (Å²) < 4.78 is 5.34. The largest absolute Gasteiger partial charge is 0.495 e. The lowest BCUT2D eigenvalue weighted by molar-refractivity contribution is -0.137. The van der Waals surface area contributed by atoms with Crippen molar-refractivity contribution >= 4 is 17.6 Å². The van der Waals surface area contributed by atoms with Gasteiger partial charge >= 0.3 is 5.97 Å². The molecule has 0 aromatic heterocycles. The maximum atomic E-state index is 10.9. The fraction of sp³-hybridized carbons (Fsp3) is 0.462. The topological polar surface area (TPSA) is 46.5 Å². The summed E-state index contributed by atoms with van der Waals surface area (Å²) in [6.45, 7) is 1.91. The van der Waals surface area contributed by atoms with E-state index in [1.54, 1.807) is 7.11 Å². The third kappa shape index (κ3) is 2.12. The normalized spacial score (nSPS) is 16.6. The van der Waals surface area contributed by atoms with Gasteiger partial charge in [-0.25, -0.2) is 0 Å². The first-order valence-electron chi connectivity index (χ1n) is 5.55. The van der Waals surface area contributed by atoms with Crippen molar-refractivity contribution in [2.45, 2.75) is 31.6 Å². The van der Waals surface area contributed by atoms with E-state index in [0.29, 0.717) is 10.8 Å². The van der Waals surface area contributed by atoms with Gasteiger partial charge in [0.2, 0.25) is 0 Å².